The Labute approximate surface area is 140 Å². The van der Waals surface area contributed by atoms with Crippen molar-refractivity contribution in [3.05, 3.63) is 24.0 Å². The fourth-order valence-corrected chi connectivity index (χ4v) is 3.15. The van der Waals surface area contributed by atoms with E-state index in [1.165, 1.54) is 25.3 Å². The Balaban J connectivity index is 1.82. The van der Waals surface area contributed by atoms with Gasteiger partial charge in [0.15, 0.2) is 0 Å². The Bertz CT molecular complexity index is 832. The van der Waals surface area contributed by atoms with E-state index in [1.807, 2.05) is 0 Å². The van der Waals surface area contributed by atoms with Gasteiger partial charge in [-0.05, 0) is 37.3 Å². The number of hydrogen-bond acceptors (Lipinski definition) is 5. The van der Waals surface area contributed by atoms with E-state index in [9.17, 15) is 0 Å². The van der Waals surface area contributed by atoms with Gasteiger partial charge in [0.25, 0.3) is 0 Å². The molecule has 0 unspecified atom stereocenters. The second-order valence-electron chi connectivity index (χ2n) is 6.39. The van der Waals surface area contributed by atoms with Crippen LogP contribution in [0, 0.1) is 16.7 Å². The van der Waals surface area contributed by atoms with E-state index < -0.39 is 0 Å². The molecule has 0 bridgehead atoms. The van der Waals surface area contributed by atoms with Gasteiger partial charge in [-0.25, -0.2) is 4.98 Å². The molecule has 1 fully saturated rings. The highest BCUT2D eigenvalue weighted by Crippen LogP contribution is 2.35. The van der Waals surface area contributed by atoms with Crippen molar-refractivity contribution in [1.29, 1.82) is 10.8 Å². The molecule has 1 aromatic carbocycles. The fourth-order valence-electron chi connectivity index (χ4n) is 3.15. The molecule has 2 heterocycles. The molecule has 4 rings (SSSR count). The van der Waals surface area contributed by atoms with E-state index >= 15 is 0 Å². The van der Waals surface area contributed by atoms with Gasteiger partial charge < -0.3 is 25.4 Å². The maximum atomic E-state index is 7.64. The van der Waals surface area contributed by atoms with Crippen molar-refractivity contribution in [3.63, 3.8) is 0 Å². The van der Waals surface area contributed by atoms with Crippen LogP contribution in [0.3, 0.4) is 0 Å². The van der Waals surface area contributed by atoms with Crippen LogP contribution in [-0.2, 0) is 6.54 Å². The molecule has 0 atom stereocenters. The SMILES string of the molecule is N=C/C=C(\C=N)c1nc2cc(NCC3CC3)cc3c2n1CCCO3. The summed E-state index contributed by atoms with van der Waals surface area (Å²) in [5, 5.41) is 18.4. The molecule has 6 heteroatoms. The molecule has 2 aliphatic rings. The highest BCUT2D eigenvalue weighted by Gasteiger charge is 2.23. The molecule has 6 nitrogen and oxygen atoms in total. The van der Waals surface area contributed by atoms with Gasteiger partial charge in [0.2, 0.25) is 0 Å². The number of imidazole rings is 1. The Hall–Kier alpha value is -2.63. The number of rotatable bonds is 6. The first-order valence-corrected chi connectivity index (χ1v) is 8.42. The number of aromatic nitrogens is 2. The molecule has 1 aliphatic carbocycles. The highest BCUT2D eigenvalue weighted by molar-refractivity contribution is 6.12. The van der Waals surface area contributed by atoms with Crippen molar-refractivity contribution >= 4 is 34.7 Å². The lowest BCUT2D eigenvalue weighted by atomic mass is 10.2. The van der Waals surface area contributed by atoms with Crippen LogP contribution >= 0.6 is 0 Å². The van der Waals surface area contributed by atoms with Gasteiger partial charge >= 0.3 is 0 Å². The Kier molecular flexibility index (Phi) is 3.80. The molecule has 0 radical (unpaired) electrons. The Morgan fingerprint density at radius 2 is 2.25 bits per heavy atom. The topological polar surface area (TPSA) is 86.8 Å². The summed E-state index contributed by atoms with van der Waals surface area (Å²) in [6.07, 6.45) is 7.59. The zero-order chi connectivity index (χ0) is 16.5. The van der Waals surface area contributed by atoms with Crippen LogP contribution in [0.2, 0.25) is 0 Å². The minimum absolute atomic E-state index is 0.640. The predicted molar refractivity (Wildman–Crippen MR) is 96.6 cm³/mol. The summed E-state index contributed by atoms with van der Waals surface area (Å²) >= 11 is 0. The summed E-state index contributed by atoms with van der Waals surface area (Å²) in [7, 11) is 0. The first-order chi connectivity index (χ1) is 11.8. The third-order valence-corrected chi connectivity index (χ3v) is 4.56. The van der Waals surface area contributed by atoms with E-state index in [0.29, 0.717) is 12.2 Å². The summed E-state index contributed by atoms with van der Waals surface area (Å²) in [5.74, 6) is 2.38. The molecule has 24 heavy (non-hydrogen) atoms. The molecular weight excluding hydrogens is 302 g/mol. The first kappa shape index (κ1) is 14.9. The monoisotopic (exact) mass is 323 g/mol. The minimum Gasteiger partial charge on any atom is -0.491 e. The average molecular weight is 323 g/mol. The Morgan fingerprint density at radius 1 is 1.38 bits per heavy atom. The Morgan fingerprint density at radius 3 is 3.00 bits per heavy atom. The van der Waals surface area contributed by atoms with Gasteiger partial charge in [-0.3, -0.25) is 0 Å². The normalized spacial score (nSPS) is 17.2. The van der Waals surface area contributed by atoms with E-state index in [-0.39, 0.29) is 0 Å². The van der Waals surface area contributed by atoms with Crippen molar-refractivity contribution in [3.8, 4) is 5.75 Å². The second-order valence-corrected chi connectivity index (χ2v) is 6.39. The van der Waals surface area contributed by atoms with Gasteiger partial charge in [0.1, 0.15) is 17.1 Å². The van der Waals surface area contributed by atoms with Crippen molar-refractivity contribution in [2.45, 2.75) is 25.8 Å². The van der Waals surface area contributed by atoms with Gasteiger partial charge in [-0.15, -0.1) is 0 Å². The number of benzene rings is 1. The summed E-state index contributed by atoms with van der Waals surface area (Å²) in [6.45, 7) is 2.48. The van der Waals surface area contributed by atoms with Crippen molar-refractivity contribution < 1.29 is 4.74 Å². The summed E-state index contributed by atoms with van der Waals surface area (Å²) in [6, 6.07) is 4.12. The number of hydrogen-bond donors (Lipinski definition) is 3. The number of anilines is 1. The fraction of sp³-hybridized carbons (Fsp3) is 0.389. The smallest absolute Gasteiger partial charge is 0.147 e. The van der Waals surface area contributed by atoms with Crippen molar-refractivity contribution in [2.75, 3.05) is 18.5 Å². The lowest BCUT2D eigenvalue weighted by Gasteiger charge is -2.09. The molecule has 0 spiro atoms. The van der Waals surface area contributed by atoms with Gasteiger partial charge in [0, 0.05) is 42.8 Å². The highest BCUT2D eigenvalue weighted by atomic mass is 16.5. The third kappa shape index (κ3) is 2.68. The molecule has 2 aromatic rings. The zero-order valence-corrected chi connectivity index (χ0v) is 13.5. The maximum Gasteiger partial charge on any atom is 0.147 e. The van der Waals surface area contributed by atoms with Crippen LogP contribution < -0.4 is 10.1 Å². The predicted octanol–water partition coefficient (Wildman–Crippen LogP) is 3.32. The quantitative estimate of drug-likeness (QED) is 0.713. The van der Waals surface area contributed by atoms with Crippen LogP contribution in [-0.4, -0.2) is 35.1 Å². The molecule has 1 aromatic heterocycles. The molecule has 0 saturated heterocycles. The molecule has 0 amide bonds. The number of allylic oxidation sites excluding steroid dienone is 2. The van der Waals surface area contributed by atoms with Gasteiger partial charge in [0.05, 0.1) is 12.1 Å². The third-order valence-electron chi connectivity index (χ3n) is 4.56. The average Bonchev–Trinajstić information content (AvgIpc) is 3.37. The number of nitrogens with zero attached hydrogens (tertiary/aromatic N) is 2. The zero-order valence-electron chi connectivity index (χ0n) is 13.5. The molecule has 124 valence electrons. The van der Waals surface area contributed by atoms with Crippen LogP contribution in [0.5, 0.6) is 5.75 Å². The summed E-state index contributed by atoms with van der Waals surface area (Å²) < 4.78 is 8.06. The van der Waals surface area contributed by atoms with Crippen LogP contribution in [0.25, 0.3) is 16.6 Å². The van der Waals surface area contributed by atoms with E-state index in [2.05, 4.69) is 22.0 Å². The molecule has 1 aliphatic heterocycles. The second kappa shape index (κ2) is 6.11. The van der Waals surface area contributed by atoms with Crippen molar-refractivity contribution in [2.24, 2.45) is 5.92 Å². The molecule has 1 saturated carbocycles. The number of ether oxygens (including phenoxy) is 1. The lowest BCUT2D eigenvalue weighted by Crippen LogP contribution is -2.04. The van der Waals surface area contributed by atoms with Crippen LogP contribution in [0.15, 0.2) is 18.2 Å². The number of aryl methyl sites for hydroxylation is 1. The lowest BCUT2D eigenvalue weighted by molar-refractivity contribution is 0.315. The number of nitrogens with one attached hydrogen (secondary N) is 3. The van der Waals surface area contributed by atoms with Crippen LogP contribution in [0.4, 0.5) is 5.69 Å². The summed E-state index contributed by atoms with van der Waals surface area (Å²) in [4.78, 5) is 4.74. The van der Waals surface area contributed by atoms with E-state index in [1.54, 1.807) is 6.08 Å². The van der Waals surface area contributed by atoms with E-state index in [4.69, 9.17) is 20.5 Å². The largest absolute Gasteiger partial charge is 0.491 e. The van der Waals surface area contributed by atoms with Gasteiger partial charge in [-0.2, -0.15) is 0 Å². The standard InChI is InChI=1S/C18H21N5O/c19-5-4-13(10-20)18-22-15-8-14(21-11-12-2-3-12)9-16-17(15)23(18)6-1-7-24-16/h4-5,8-10,12,19-21H,1-3,6-7,11H2/b13-4+,19-5?,20-10?. The summed E-state index contributed by atoms with van der Waals surface area (Å²) in [5.41, 5.74) is 3.54. The van der Waals surface area contributed by atoms with Crippen LogP contribution in [0.1, 0.15) is 25.1 Å². The maximum absolute atomic E-state index is 7.64. The van der Waals surface area contributed by atoms with Crippen molar-refractivity contribution in [1.82, 2.24) is 9.55 Å². The van der Waals surface area contributed by atoms with E-state index in [0.717, 1.165) is 53.7 Å². The minimum atomic E-state index is 0.640. The first-order valence-electron chi connectivity index (χ1n) is 8.42. The molecular formula is C18H21N5O. The molecule has 3 N–H and O–H groups in total. The van der Waals surface area contributed by atoms with Gasteiger partial charge in [-0.1, -0.05) is 0 Å².